The molecule has 1 fully saturated rings. The van der Waals surface area contributed by atoms with Crippen molar-refractivity contribution >= 4 is 33.7 Å². The van der Waals surface area contributed by atoms with Crippen LogP contribution in [0, 0.1) is 5.92 Å². The zero-order valence-corrected chi connectivity index (χ0v) is 19.9. The molecule has 5 nitrogen and oxygen atoms in total. The molecular weight excluding hydrogens is 428 g/mol. The average molecular weight is 463 g/mol. The number of carbonyl (C=O) groups is 1. The predicted molar refractivity (Wildman–Crippen MR) is 124 cm³/mol. The highest BCUT2D eigenvalue weighted by molar-refractivity contribution is 9.10. The summed E-state index contributed by atoms with van der Waals surface area (Å²) in [6.45, 7) is 11.8. The van der Waals surface area contributed by atoms with Crippen LogP contribution in [0.3, 0.4) is 0 Å². The Hall–Kier alpha value is -1.24. The largest absolute Gasteiger partial charge is 0.345 e. The summed E-state index contributed by atoms with van der Waals surface area (Å²) >= 11 is 3.55. The Bertz CT molecular complexity index is 738. The molecule has 0 spiro atoms. The van der Waals surface area contributed by atoms with Crippen molar-refractivity contribution in [3.8, 4) is 0 Å². The Kier molecular flexibility index (Phi) is 7.88. The van der Waals surface area contributed by atoms with Gasteiger partial charge < -0.3 is 14.6 Å². The van der Waals surface area contributed by atoms with E-state index in [1.807, 2.05) is 18.2 Å². The maximum Gasteiger partial charge on any atom is 0.147 e. The van der Waals surface area contributed by atoms with E-state index in [1.165, 1.54) is 6.42 Å². The zero-order valence-electron chi connectivity index (χ0n) is 18.3. The van der Waals surface area contributed by atoms with E-state index in [2.05, 4.69) is 58.4 Å². The molecule has 29 heavy (non-hydrogen) atoms. The van der Waals surface area contributed by atoms with Crippen molar-refractivity contribution in [3.05, 3.63) is 28.2 Å². The zero-order chi connectivity index (χ0) is 21.0. The van der Waals surface area contributed by atoms with Gasteiger partial charge in [0.05, 0.1) is 11.7 Å². The van der Waals surface area contributed by atoms with E-state index in [0.29, 0.717) is 5.92 Å². The molecule has 0 bridgehead atoms. The van der Waals surface area contributed by atoms with Crippen LogP contribution in [0.2, 0.25) is 0 Å². The molecular formula is C23H35BrN4O. The maximum atomic E-state index is 12.2. The molecule has 2 aliphatic heterocycles. The number of aliphatic imine (C=N–C) groups is 1. The lowest BCUT2D eigenvalue weighted by atomic mass is 9.97. The van der Waals surface area contributed by atoms with Gasteiger partial charge in [0.25, 0.3) is 0 Å². The SMILES string of the molecule is CCC[C@H](C1=Nc2ccc(Br)cc2C(C=O)N1CC)N1CCN(C)C[C@@H](CC)C1. The third-order valence-corrected chi connectivity index (χ3v) is 6.85. The van der Waals surface area contributed by atoms with Gasteiger partial charge in [-0.05, 0) is 44.5 Å². The van der Waals surface area contributed by atoms with Gasteiger partial charge in [-0.3, -0.25) is 4.90 Å². The Morgan fingerprint density at radius 1 is 1.24 bits per heavy atom. The van der Waals surface area contributed by atoms with Crippen LogP contribution in [0.5, 0.6) is 0 Å². The van der Waals surface area contributed by atoms with Crippen molar-refractivity contribution in [2.24, 2.45) is 10.9 Å². The summed E-state index contributed by atoms with van der Waals surface area (Å²) in [5.41, 5.74) is 1.93. The minimum absolute atomic E-state index is 0.250. The van der Waals surface area contributed by atoms with Gasteiger partial charge in [-0.2, -0.15) is 0 Å². The van der Waals surface area contributed by atoms with Crippen LogP contribution < -0.4 is 0 Å². The van der Waals surface area contributed by atoms with Crippen LogP contribution in [0.1, 0.15) is 51.6 Å². The molecule has 0 aliphatic carbocycles. The minimum atomic E-state index is -0.268. The molecule has 0 saturated carbocycles. The first-order chi connectivity index (χ1) is 14.0. The third-order valence-electron chi connectivity index (χ3n) is 6.35. The molecule has 0 amide bonds. The number of nitrogens with zero attached hydrogens (tertiary/aromatic N) is 4. The third kappa shape index (κ3) is 4.92. The fourth-order valence-electron chi connectivity index (χ4n) is 4.74. The van der Waals surface area contributed by atoms with E-state index >= 15 is 0 Å². The molecule has 3 atom stereocenters. The van der Waals surface area contributed by atoms with Gasteiger partial charge in [0.2, 0.25) is 0 Å². The topological polar surface area (TPSA) is 39.2 Å². The number of halogens is 1. The van der Waals surface area contributed by atoms with Gasteiger partial charge in [-0.15, -0.1) is 0 Å². The highest BCUT2D eigenvalue weighted by atomic mass is 79.9. The fourth-order valence-corrected chi connectivity index (χ4v) is 5.11. The van der Waals surface area contributed by atoms with Crippen molar-refractivity contribution in [3.63, 3.8) is 0 Å². The lowest BCUT2D eigenvalue weighted by Gasteiger charge is -2.42. The molecule has 1 unspecified atom stereocenters. The van der Waals surface area contributed by atoms with E-state index in [4.69, 9.17) is 4.99 Å². The van der Waals surface area contributed by atoms with Crippen LogP contribution in [0.4, 0.5) is 5.69 Å². The van der Waals surface area contributed by atoms with Gasteiger partial charge in [0, 0.05) is 42.8 Å². The molecule has 0 N–H and O–H groups in total. The van der Waals surface area contributed by atoms with E-state index in [0.717, 1.165) is 73.4 Å². The van der Waals surface area contributed by atoms with Gasteiger partial charge >= 0.3 is 0 Å². The Morgan fingerprint density at radius 3 is 2.69 bits per heavy atom. The second-order valence-corrected chi connectivity index (χ2v) is 9.29. The maximum absolute atomic E-state index is 12.2. The summed E-state index contributed by atoms with van der Waals surface area (Å²) in [6.07, 6.45) is 4.44. The number of benzene rings is 1. The summed E-state index contributed by atoms with van der Waals surface area (Å²) < 4.78 is 0.990. The molecule has 1 aromatic rings. The second-order valence-electron chi connectivity index (χ2n) is 8.38. The first kappa shape index (κ1) is 22.4. The first-order valence-corrected chi connectivity index (χ1v) is 11.8. The highest BCUT2D eigenvalue weighted by Crippen LogP contribution is 2.37. The molecule has 6 heteroatoms. The number of aldehydes is 1. The lowest BCUT2D eigenvalue weighted by molar-refractivity contribution is -0.111. The molecule has 1 aromatic carbocycles. The number of rotatable bonds is 7. The first-order valence-electron chi connectivity index (χ1n) is 11.0. The standard InChI is InChI=1S/C23H35BrN4O/c1-5-8-21(27-12-11-26(4)14-17(6-2)15-27)23-25-20-10-9-18(24)13-19(20)22(16-29)28(23)7-3/h9-10,13,16-17,21-22H,5-8,11-12,14-15H2,1-4H3/t17-,21-,22?/m1/s1. The molecule has 2 heterocycles. The van der Waals surface area contributed by atoms with E-state index in [-0.39, 0.29) is 12.1 Å². The summed E-state index contributed by atoms with van der Waals surface area (Å²) in [7, 11) is 2.23. The molecule has 160 valence electrons. The van der Waals surface area contributed by atoms with Crippen molar-refractivity contribution in [2.75, 3.05) is 39.8 Å². The lowest BCUT2D eigenvalue weighted by Crippen LogP contribution is -2.52. The highest BCUT2D eigenvalue weighted by Gasteiger charge is 2.36. The van der Waals surface area contributed by atoms with Gasteiger partial charge in [0.15, 0.2) is 0 Å². The Morgan fingerprint density at radius 2 is 2.03 bits per heavy atom. The second kappa shape index (κ2) is 10.2. The number of hydrogen-bond acceptors (Lipinski definition) is 5. The smallest absolute Gasteiger partial charge is 0.147 e. The normalized spacial score (nSPS) is 24.6. The van der Waals surface area contributed by atoms with E-state index < -0.39 is 0 Å². The molecule has 2 aliphatic rings. The van der Waals surface area contributed by atoms with Gasteiger partial charge in [0.1, 0.15) is 18.2 Å². The van der Waals surface area contributed by atoms with Crippen molar-refractivity contribution in [1.29, 1.82) is 0 Å². The Balaban J connectivity index is 2.02. The number of amidine groups is 1. The molecule has 0 aromatic heterocycles. The van der Waals surface area contributed by atoms with Crippen LogP contribution in [0.25, 0.3) is 0 Å². The quantitative estimate of drug-likeness (QED) is 0.559. The fraction of sp³-hybridized carbons (Fsp3) is 0.652. The Labute approximate surface area is 184 Å². The van der Waals surface area contributed by atoms with Crippen LogP contribution in [0.15, 0.2) is 27.7 Å². The number of likely N-dealkylation sites (N-methyl/N-ethyl adjacent to an activating group) is 2. The molecule has 3 rings (SSSR count). The average Bonchev–Trinajstić information content (AvgIpc) is 2.91. The predicted octanol–water partition coefficient (Wildman–Crippen LogP) is 4.50. The molecule has 1 saturated heterocycles. The summed E-state index contributed by atoms with van der Waals surface area (Å²) in [5, 5.41) is 0. The number of hydrogen-bond donors (Lipinski definition) is 0. The van der Waals surface area contributed by atoms with Crippen LogP contribution >= 0.6 is 15.9 Å². The minimum Gasteiger partial charge on any atom is -0.345 e. The summed E-state index contributed by atoms with van der Waals surface area (Å²) in [4.78, 5) is 24.6. The number of fused-ring (bicyclic) bond motifs is 1. The van der Waals surface area contributed by atoms with Crippen LogP contribution in [-0.4, -0.2) is 72.6 Å². The van der Waals surface area contributed by atoms with Crippen molar-refractivity contribution < 1.29 is 4.79 Å². The van der Waals surface area contributed by atoms with Gasteiger partial charge in [-0.1, -0.05) is 42.6 Å². The van der Waals surface area contributed by atoms with E-state index in [9.17, 15) is 4.79 Å². The number of carbonyl (C=O) groups excluding carboxylic acids is 1. The molecule has 0 radical (unpaired) electrons. The van der Waals surface area contributed by atoms with Crippen molar-refractivity contribution in [1.82, 2.24) is 14.7 Å². The van der Waals surface area contributed by atoms with Crippen LogP contribution in [-0.2, 0) is 4.79 Å². The van der Waals surface area contributed by atoms with Gasteiger partial charge in [-0.25, -0.2) is 4.99 Å². The summed E-state index contributed by atoms with van der Waals surface area (Å²) in [5.74, 6) is 1.74. The monoisotopic (exact) mass is 462 g/mol. The van der Waals surface area contributed by atoms with Crippen molar-refractivity contribution in [2.45, 2.75) is 52.1 Å². The van der Waals surface area contributed by atoms with E-state index in [1.54, 1.807) is 0 Å². The summed E-state index contributed by atoms with van der Waals surface area (Å²) in [6, 6.07) is 6.08.